The van der Waals surface area contributed by atoms with Gasteiger partial charge in [-0.1, -0.05) is 6.07 Å². The second-order valence-corrected chi connectivity index (χ2v) is 6.69. The van der Waals surface area contributed by atoms with Gasteiger partial charge >= 0.3 is 0 Å². The number of carbonyl (C=O) groups excluding carboxylic acids is 3. The third-order valence-corrected chi connectivity index (χ3v) is 4.64. The summed E-state index contributed by atoms with van der Waals surface area (Å²) in [6.07, 6.45) is 0.0997. The molecule has 1 saturated heterocycles. The van der Waals surface area contributed by atoms with Crippen LogP contribution in [0.2, 0.25) is 0 Å². The van der Waals surface area contributed by atoms with Gasteiger partial charge in [0.1, 0.15) is 11.5 Å². The molecule has 3 amide bonds. The fourth-order valence-electron chi connectivity index (χ4n) is 3.23. The third-order valence-electron chi connectivity index (χ3n) is 4.64. The molecule has 1 fully saturated rings. The minimum atomic E-state index is -0.511. The molecule has 1 aliphatic heterocycles. The summed E-state index contributed by atoms with van der Waals surface area (Å²) >= 11 is 0. The van der Waals surface area contributed by atoms with E-state index in [0.717, 1.165) is 0 Å². The number of hydrogen-bond acceptors (Lipinski definition) is 5. The highest BCUT2D eigenvalue weighted by Gasteiger charge is 2.35. The minimum Gasteiger partial charge on any atom is -0.497 e. The monoisotopic (exact) mass is 397 g/mol. The zero-order chi connectivity index (χ0) is 21.0. The van der Waals surface area contributed by atoms with Crippen LogP contribution < -0.4 is 25.0 Å². The summed E-state index contributed by atoms with van der Waals surface area (Å²) in [5.74, 6) is -0.0429. The summed E-state index contributed by atoms with van der Waals surface area (Å²) in [5.41, 5.74) is 1.71. The van der Waals surface area contributed by atoms with Gasteiger partial charge in [-0.15, -0.1) is 0 Å². The number of amides is 3. The molecule has 1 aliphatic rings. The van der Waals surface area contributed by atoms with Crippen LogP contribution in [-0.4, -0.2) is 38.5 Å². The molecule has 0 saturated carbocycles. The quantitative estimate of drug-likeness (QED) is 0.781. The van der Waals surface area contributed by atoms with Crippen LogP contribution in [0.1, 0.15) is 13.3 Å². The maximum absolute atomic E-state index is 12.8. The molecule has 1 heterocycles. The van der Waals surface area contributed by atoms with Crippen molar-refractivity contribution in [3.63, 3.8) is 0 Å². The molecule has 8 nitrogen and oxygen atoms in total. The first-order chi connectivity index (χ1) is 13.9. The van der Waals surface area contributed by atoms with Crippen LogP contribution >= 0.6 is 0 Å². The lowest BCUT2D eigenvalue weighted by Gasteiger charge is -2.18. The molecule has 2 N–H and O–H groups in total. The fourth-order valence-corrected chi connectivity index (χ4v) is 3.23. The molecular formula is C21H23N3O5. The smallest absolute Gasteiger partial charge is 0.229 e. The van der Waals surface area contributed by atoms with E-state index in [-0.39, 0.29) is 30.7 Å². The first-order valence-corrected chi connectivity index (χ1v) is 9.12. The number of methoxy groups -OCH3 is 2. The van der Waals surface area contributed by atoms with Crippen molar-refractivity contribution < 1.29 is 23.9 Å². The highest BCUT2D eigenvalue weighted by atomic mass is 16.5. The molecule has 2 aromatic rings. The highest BCUT2D eigenvalue weighted by Crippen LogP contribution is 2.31. The van der Waals surface area contributed by atoms with Gasteiger partial charge in [-0.25, -0.2) is 0 Å². The van der Waals surface area contributed by atoms with Crippen molar-refractivity contribution in [1.29, 1.82) is 0 Å². The van der Waals surface area contributed by atoms with E-state index in [4.69, 9.17) is 9.47 Å². The number of rotatable bonds is 6. The third kappa shape index (κ3) is 4.66. The summed E-state index contributed by atoms with van der Waals surface area (Å²) in [7, 11) is 3.05. The minimum absolute atomic E-state index is 0.0997. The molecule has 0 aliphatic carbocycles. The van der Waals surface area contributed by atoms with E-state index in [1.807, 2.05) is 0 Å². The van der Waals surface area contributed by atoms with Crippen molar-refractivity contribution in [1.82, 2.24) is 0 Å². The largest absolute Gasteiger partial charge is 0.497 e. The molecule has 2 aromatic carbocycles. The van der Waals surface area contributed by atoms with Crippen molar-refractivity contribution in [2.75, 3.05) is 36.3 Å². The van der Waals surface area contributed by atoms with Crippen LogP contribution in [0.15, 0.2) is 42.5 Å². The Hall–Kier alpha value is -3.55. The molecule has 3 rings (SSSR count). The summed E-state index contributed by atoms with van der Waals surface area (Å²) in [5, 5.41) is 5.52. The average Bonchev–Trinajstić information content (AvgIpc) is 3.09. The SMILES string of the molecule is COc1ccc(OC)c(NC(=O)[C@@H]2CC(=O)N(c3cccc(NC(C)=O)c3)C2)c1. The summed E-state index contributed by atoms with van der Waals surface area (Å²) < 4.78 is 10.5. The zero-order valence-corrected chi connectivity index (χ0v) is 16.5. The Morgan fingerprint density at radius 3 is 2.55 bits per heavy atom. The van der Waals surface area contributed by atoms with Gasteiger partial charge in [-0.2, -0.15) is 0 Å². The molecule has 152 valence electrons. The van der Waals surface area contributed by atoms with Gasteiger partial charge in [0.05, 0.1) is 25.8 Å². The molecule has 0 radical (unpaired) electrons. The molecule has 0 bridgehead atoms. The van der Waals surface area contributed by atoms with Gasteiger partial charge < -0.3 is 25.0 Å². The van der Waals surface area contributed by atoms with E-state index >= 15 is 0 Å². The predicted molar refractivity (Wildman–Crippen MR) is 109 cm³/mol. The molecular weight excluding hydrogens is 374 g/mol. The summed E-state index contributed by atoms with van der Waals surface area (Å²) in [4.78, 5) is 38.1. The van der Waals surface area contributed by atoms with Gasteiger partial charge in [-0.3, -0.25) is 14.4 Å². The van der Waals surface area contributed by atoms with Gasteiger partial charge in [0.15, 0.2) is 0 Å². The molecule has 29 heavy (non-hydrogen) atoms. The van der Waals surface area contributed by atoms with E-state index in [9.17, 15) is 14.4 Å². The Balaban J connectivity index is 1.73. The van der Waals surface area contributed by atoms with Crippen LogP contribution in [-0.2, 0) is 14.4 Å². The number of benzene rings is 2. The Kier molecular flexibility index (Phi) is 6.01. The second-order valence-electron chi connectivity index (χ2n) is 6.69. The summed E-state index contributed by atoms with van der Waals surface area (Å²) in [6.45, 7) is 1.67. The van der Waals surface area contributed by atoms with E-state index in [1.165, 1.54) is 21.1 Å². The van der Waals surface area contributed by atoms with Gasteiger partial charge in [0.25, 0.3) is 0 Å². The highest BCUT2D eigenvalue weighted by molar-refractivity contribution is 6.04. The Morgan fingerprint density at radius 1 is 1.07 bits per heavy atom. The Bertz CT molecular complexity index is 944. The van der Waals surface area contributed by atoms with Crippen molar-refractivity contribution >= 4 is 34.8 Å². The van der Waals surface area contributed by atoms with E-state index in [0.29, 0.717) is 28.6 Å². The van der Waals surface area contributed by atoms with E-state index in [1.54, 1.807) is 47.4 Å². The number of ether oxygens (including phenoxy) is 2. The van der Waals surface area contributed by atoms with Crippen LogP contribution in [0.25, 0.3) is 0 Å². The predicted octanol–water partition coefficient (Wildman–Crippen LogP) is 2.65. The normalized spacial score (nSPS) is 15.8. The van der Waals surface area contributed by atoms with Crippen molar-refractivity contribution in [2.24, 2.45) is 5.92 Å². The first kappa shape index (κ1) is 20.2. The van der Waals surface area contributed by atoms with E-state index < -0.39 is 5.92 Å². The van der Waals surface area contributed by atoms with Crippen molar-refractivity contribution in [3.8, 4) is 11.5 Å². The molecule has 8 heteroatoms. The maximum atomic E-state index is 12.8. The van der Waals surface area contributed by atoms with Crippen molar-refractivity contribution in [2.45, 2.75) is 13.3 Å². The number of nitrogens with one attached hydrogen (secondary N) is 2. The van der Waals surface area contributed by atoms with Gasteiger partial charge in [0, 0.05) is 37.3 Å². The summed E-state index contributed by atoms with van der Waals surface area (Å²) in [6, 6.07) is 12.1. The Morgan fingerprint density at radius 2 is 1.86 bits per heavy atom. The zero-order valence-electron chi connectivity index (χ0n) is 16.5. The lowest BCUT2D eigenvalue weighted by atomic mass is 10.1. The van der Waals surface area contributed by atoms with Crippen LogP contribution in [0.3, 0.4) is 0 Å². The Labute approximate surface area is 168 Å². The number of carbonyl (C=O) groups is 3. The van der Waals surface area contributed by atoms with Gasteiger partial charge in [0.2, 0.25) is 17.7 Å². The lowest BCUT2D eigenvalue weighted by Crippen LogP contribution is -2.28. The second kappa shape index (κ2) is 8.64. The first-order valence-electron chi connectivity index (χ1n) is 9.12. The molecule has 0 unspecified atom stereocenters. The molecule has 0 aromatic heterocycles. The van der Waals surface area contributed by atoms with Crippen LogP contribution in [0.4, 0.5) is 17.1 Å². The number of hydrogen-bond donors (Lipinski definition) is 2. The topological polar surface area (TPSA) is 97.0 Å². The maximum Gasteiger partial charge on any atom is 0.229 e. The molecule has 0 spiro atoms. The molecule has 1 atom stereocenters. The van der Waals surface area contributed by atoms with E-state index in [2.05, 4.69) is 10.6 Å². The number of anilines is 3. The van der Waals surface area contributed by atoms with Gasteiger partial charge in [-0.05, 0) is 30.3 Å². The standard InChI is InChI=1S/C21H23N3O5/c1-13(25)22-15-5-4-6-16(10-15)24-12-14(9-20(24)26)21(27)23-18-11-17(28-2)7-8-19(18)29-3/h4-8,10-11,14H,9,12H2,1-3H3,(H,22,25)(H,23,27)/t14-/m1/s1. The number of nitrogens with zero attached hydrogens (tertiary/aromatic N) is 1. The van der Waals surface area contributed by atoms with Crippen molar-refractivity contribution in [3.05, 3.63) is 42.5 Å². The van der Waals surface area contributed by atoms with Crippen LogP contribution in [0, 0.1) is 5.92 Å². The fraction of sp³-hybridized carbons (Fsp3) is 0.286. The average molecular weight is 397 g/mol. The van der Waals surface area contributed by atoms with Crippen LogP contribution in [0.5, 0.6) is 11.5 Å². The lowest BCUT2D eigenvalue weighted by molar-refractivity contribution is -0.122.